The average molecular weight is 489 g/mol. The van der Waals surface area contributed by atoms with Gasteiger partial charge in [-0.25, -0.2) is 0 Å². The lowest BCUT2D eigenvalue weighted by atomic mass is 9.90. The highest BCUT2D eigenvalue weighted by Crippen LogP contribution is 2.36. The Bertz CT molecular complexity index is 1300. The van der Waals surface area contributed by atoms with E-state index in [1.807, 2.05) is 0 Å². The van der Waals surface area contributed by atoms with E-state index in [9.17, 15) is 4.79 Å². The molecule has 188 valence electrons. The van der Waals surface area contributed by atoms with Gasteiger partial charge in [0.1, 0.15) is 0 Å². The molecule has 0 fully saturated rings. The van der Waals surface area contributed by atoms with Gasteiger partial charge in [0.2, 0.25) is 5.91 Å². The van der Waals surface area contributed by atoms with Gasteiger partial charge in [0.15, 0.2) is 0 Å². The van der Waals surface area contributed by atoms with E-state index < -0.39 is 0 Å². The molecule has 0 bridgehead atoms. The molecule has 4 rings (SSSR count). The molecular formula is C28H32N4O4. The third-order valence-electron chi connectivity index (χ3n) is 6.18. The molecule has 8 nitrogen and oxygen atoms in total. The summed E-state index contributed by atoms with van der Waals surface area (Å²) in [5.41, 5.74) is 9.44. The predicted octanol–water partition coefficient (Wildman–Crippen LogP) is 5.38. The Morgan fingerprint density at radius 3 is 2.19 bits per heavy atom. The Kier molecular flexibility index (Phi) is 9.70. The normalized spacial score (nSPS) is 11.3. The van der Waals surface area contributed by atoms with E-state index in [0.29, 0.717) is 59.2 Å². The Morgan fingerprint density at radius 2 is 1.44 bits per heavy atom. The highest BCUT2D eigenvalue weighted by molar-refractivity contribution is 6.23. The van der Waals surface area contributed by atoms with Crippen molar-refractivity contribution in [1.82, 2.24) is 5.32 Å². The minimum absolute atomic E-state index is 0.0467. The largest absolute Gasteiger partial charge is 0.379 e. The number of carbonyl (C=O) groups is 1. The van der Waals surface area contributed by atoms with Gasteiger partial charge in [0.25, 0.3) is 0 Å². The summed E-state index contributed by atoms with van der Waals surface area (Å²) >= 11 is 0. The van der Waals surface area contributed by atoms with Crippen LogP contribution in [0.4, 0.5) is 0 Å². The Balaban J connectivity index is 1.11. The molecule has 0 aliphatic rings. The number of nitrogens with one attached hydrogen (secondary N) is 1. The van der Waals surface area contributed by atoms with Gasteiger partial charge in [0, 0.05) is 24.4 Å². The summed E-state index contributed by atoms with van der Waals surface area (Å²) in [6.45, 7) is 3.49. The summed E-state index contributed by atoms with van der Waals surface area (Å²) in [7, 11) is 0. The van der Waals surface area contributed by atoms with Crippen LogP contribution < -0.4 is 5.32 Å². The van der Waals surface area contributed by atoms with E-state index >= 15 is 0 Å². The van der Waals surface area contributed by atoms with Gasteiger partial charge in [-0.15, -0.1) is 0 Å². The molecule has 1 N–H and O–H groups in total. The number of amides is 1. The van der Waals surface area contributed by atoms with Crippen LogP contribution in [0.1, 0.15) is 18.4 Å². The summed E-state index contributed by atoms with van der Waals surface area (Å²) < 4.78 is 16.1. The van der Waals surface area contributed by atoms with Crippen LogP contribution >= 0.6 is 0 Å². The van der Waals surface area contributed by atoms with Crippen LogP contribution in [-0.2, 0) is 25.4 Å². The molecule has 0 aliphatic carbocycles. The maximum absolute atomic E-state index is 12.2. The fourth-order valence-corrected chi connectivity index (χ4v) is 4.50. The van der Waals surface area contributed by atoms with Crippen LogP contribution in [-0.4, -0.2) is 58.6 Å². The maximum Gasteiger partial charge on any atom is 0.220 e. The second-order valence-electron chi connectivity index (χ2n) is 8.58. The zero-order valence-electron chi connectivity index (χ0n) is 20.4. The molecule has 0 unspecified atom stereocenters. The molecule has 4 aromatic rings. The number of hydrogen-bond donors (Lipinski definition) is 1. The first-order chi connectivity index (χ1) is 17.8. The lowest BCUT2D eigenvalue weighted by Crippen LogP contribution is -2.27. The number of carbonyl (C=O) groups excluding carboxylic acids is 1. The third-order valence-corrected chi connectivity index (χ3v) is 6.18. The quantitative estimate of drug-likeness (QED) is 0.0751. The maximum atomic E-state index is 12.2. The van der Waals surface area contributed by atoms with E-state index in [-0.39, 0.29) is 5.91 Å². The Hall–Kier alpha value is -3.42. The lowest BCUT2D eigenvalue weighted by molar-refractivity contribution is -0.121. The van der Waals surface area contributed by atoms with Gasteiger partial charge in [-0.2, -0.15) is 0 Å². The van der Waals surface area contributed by atoms with Crippen molar-refractivity contribution in [2.24, 2.45) is 5.11 Å². The molecule has 36 heavy (non-hydrogen) atoms. The summed E-state index contributed by atoms with van der Waals surface area (Å²) in [4.78, 5) is 14.9. The molecule has 0 heterocycles. The van der Waals surface area contributed by atoms with Crippen molar-refractivity contribution in [1.29, 1.82) is 0 Å². The van der Waals surface area contributed by atoms with Gasteiger partial charge in [0.05, 0.1) is 39.6 Å². The Morgan fingerprint density at radius 1 is 0.806 bits per heavy atom. The fraction of sp³-hybridized carbons (Fsp3) is 0.393. The molecule has 0 saturated carbocycles. The van der Waals surface area contributed by atoms with Crippen LogP contribution in [0.2, 0.25) is 0 Å². The lowest BCUT2D eigenvalue weighted by Gasteiger charge is -2.14. The van der Waals surface area contributed by atoms with Crippen molar-refractivity contribution >= 4 is 38.2 Å². The smallest absolute Gasteiger partial charge is 0.220 e. The van der Waals surface area contributed by atoms with Crippen LogP contribution in [0.3, 0.4) is 0 Å². The molecule has 0 aliphatic heterocycles. The van der Waals surface area contributed by atoms with Gasteiger partial charge in [-0.05, 0) is 56.3 Å². The van der Waals surface area contributed by atoms with E-state index in [4.69, 9.17) is 19.7 Å². The minimum Gasteiger partial charge on any atom is -0.379 e. The standard InChI is InChI=1S/C28H32N4O4/c29-32-31-14-16-35-18-20-36-19-17-34-15-13-30-26(33)6-2-3-21-7-8-24-10-9-22-4-1-5-23-11-12-25(21)28(24)27(22)23/h1,4-5,7-12H,2-3,6,13-20H2,(H,30,33). The molecule has 0 atom stereocenters. The number of hydrogen-bond acceptors (Lipinski definition) is 5. The fourth-order valence-electron chi connectivity index (χ4n) is 4.50. The number of benzene rings is 4. The second-order valence-corrected chi connectivity index (χ2v) is 8.58. The van der Waals surface area contributed by atoms with Crippen LogP contribution in [0.15, 0.2) is 59.7 Å². The number of ether oxygens (including phenoxy) is 3. The van der Waals surface area contributed by atoms with Crippen molar-refractivity contribution in [3.63, 3.8) is 0 Å². The summed E-state index contributed by atoms with van der Waals surface area (Å²) in [6, 6.07) is 19.7. The number of aryl methyl sites for hydroxylation is 1. The van der Waals surface area contributed by atoms with E-state index in [0.717, 1.165) is 12.8 Å². The van der Waals surface area contributed by atoms with Gasteiger partial charge < -0.3 is 19.5 Å². The number of azide groups is 1. The van der Waals surface area contributed by atoms with Crippen LogP contribution in [0.25, 0.3) is 42.8 Å². The summed E-state index contributed by atoms with van der Waals surface area (Å²) in [5.74, 6) is 0.0467. The van der Waals surface area contributed by atoms with E-state index in [1.165, 1.54) is 37.9 Å². The summed E-state index contributed by atoms with van der Waals surface area (Å²) in [6.07, 6.45) is 2.16. The molecule has 0 spiro atoms. The van der Waals surface area contributed by atoms with E-state index in [2.05, 4.69) is 69.9 Å². The first kappa shape index (κ1) is 25.7. The molecule has 8 heteroatoms. The topological polar surface area (TPSA) is 106 Å². The number of rotatable bonds is 16. The highest BCUT2D eigenvalue weighted by Gasteiger charge is 2.11. The highest BCUT2D eigenvalue weighted by atomic mass is 16.5. The van der Waals surface area contributed by atoms with Crippen LogP contribution in [0, 0.1) is 0 Å². The first-order valence-corrected chi connectivity index (χ1v) is 12.4. The molecular weight excluding hydrogens is 456 g/mol. The van der Waals surface area contributed by atoms with Gasteiger partial charge in [-0.1, -0.05) is 59.7 Å². The second kappa shape index (κ2) is 13.6. The Labute approximate surface area is 210 Å². The average Bonchev–Trinajstić information content (AvgIpc) is 2.90. The number of nitrogens with zero attached hydrogens (tertiary/aromatic N) is 3. The first-order valence-electron chi connectivity index (χ1n) is 12.4. The predicted molar refractivity (Wildman–Crippen MR) is 143 cm³/mol. The van der Waals surface area contributed by atoms with Crippen molar-refractivity contribution < 1.29 is 19.0 Å². The monoisotopic (exact) mass is 488 g/mol. The molecule has 4 aromatic carbocycles. The van der Waals surface area contributed by atoms with Crippen molar-refractivity contribution in [3.8, 4) is 0 Å². The van der Waals surface area contributed by atoms with Crippen molar-refractivity contribution in [2.45, 2.75) is 19.3 Å². The SMILES string of the molecule is [N-]=[N+]=NCCOCCOCCOCCNC(=O)CCCc1ccc2ccc3cccc4ccc1c2c34. The molecule has 0 radical (unpaired) electrons. The van der Waals surface area contributed by atoms with Gasteiger partial charge in [-0.3, -0.25) is 4.79 Å². The molecule has 1 amide bonds. The minimum atomic E-state index is 0.0467. The van der Waals surface area contributed by atoms with Gasteiger partial charge >= 0.3 is 0 Å². The van der Waals surface area contributed by atoms with Crippen molar-refractivity contribution in [3.05, 3.63) is 70.6 Å². The summed E-state index contributed by atoms with van der Waals surface area (Å²) in [5, 5.41) is 14.0. The van der Waals surface area contributed by atoms with E-state index in [1.54, 1.807) is 0 Å². The zero-order valence-corrected chi connectivity index (χ0v) is 20.4. The third kappa shape index (κ3) is 6.83. The zero-order chi connectivity index (χ0) is 25.0. The molecule has 0 saturated heterocycles. The van der Waals surface area contributed by atoms with Crippen molar-refractivity contribution in [2.75, 3.05) is 52.7 Å². The molecule has 0 aromatic heterocycles. The van der Waals surface area contributed by atoms with Crippen LogP contribution in [0.5, 0.6) is 0 Å².